The molecule has 0 amide bonds. The van der Waals surface area contributed by atoms with Crippen molar-refractivity contribution < 1.29 is 31.1 Å². The van der Waals surface area contributed by atoms with Gasteiger partial charge in [-0.05, 0) is 78.1 Å². The van der Waals surface area contributed by atoms with Crippen LogP contribution in [0.5, 0.6) is 11.5 Å². The van der Waals surface area contributed by atoms with E-state index >= 15 is 0 Å². The van der Waals surface area contributed by atoms with E-state index in [2.05, 4.69) is 9.97 Å². The summed E-state index contributed by atoms with van der Waals surface area (Å²) in [6, 6.07) is 18.3. The number of benzene rings is 3. The van der Waals surface area contributed by atoms with Gasteiger partial charge in [-0.1, -0.05) is 23.7 Å². The highest BCUT2D eigenvalue weighted by atomic mass is 35.5. The lowest BCUT2D eigenvalue weighted by Gasteiger charge is -2.23. The van der Waals surface area contributed by atoms with Gasteiger partial charge >= 0.3 is 6.18 Å². The maximum atomic E-state index is 14.1. The molecule has 0 spiro atoms. The number of ether oxygens (including phenoxy) is 2. The smallest absolute Gasteiger partial charge is 0.392 e. The Morgan fingerprint density at radius 2 is 1.70 bits per heavy atom. The molecule has 1 aliphatic rings. The van der Waals surface area contributed by atoms with E-state index in [1.165, 1.54) is 73.6 Å². The first kappa shape index (κ1) is 31.4. The Labute approximate surface area is 266 Å². The number of methoxy groups -OCH3 is 2. The zero-order valence-corrected chi connectivity index (χ0v) is 26.0. The molecule has 1 saturated carbocycles. The summed E-state index contributed by atoms with van der Waals surface area (Å²) in [6.45, 7) is -0.0773. The minimum atomic E-state index is -4.35. The molecule has 2 aromatic heterocycles. The lowest BCUT2D eigenvalue weighted by Crippen LogP contribution is -2.32. The van der Waals surface area contributed by atoms with Gasteiger partial charge in [-0.15, -0.1) is 0 Å². The van der Waals surface area contributed by atoms with Crippen LogP contribution in [0, 0.1) is 5.92 Å². The number of fused-ring (bicyclic) bond motifs is 1. The third kappa shape index (κ3) is 5.87. The van der Waals surface area contributed by atoms with Crippen LogP contribution in [0.15, 0.2) is 94.9 Å². The third-order valence-corrected chi connectivity index (χ3v) is 9.91. The summed E-state index contributed by atoms with van der Waals surface area (Å²) in [5.74, 6) is -1.58. The van der Waals surface area contributed by atoms with Crippen LogP contribution in [-0.2, 0) is 16.6 Å². The fraction of sp³-hybridized carbons (Fsp3) is 0.219. The maximum absolute atomic E-state index is 14.1. The second kappa shape index (κ2) is 12.0. The van der Waals surface area contributed by atoms with Gasteiger partial charge in [0.05, 0.1) is 42.8 Å². The van der Waals surface area contributed by atoms with Crippen LogP contribution in [0.25, 0.3) is 16.6 Å². The molecule has 0 N–H and O–H groups in total. The zero-order chi connectivity index (χ0) is 32.8. The Kier molecular flexibility index (Phi) is 8.15. The molecule has 3 aromatic carbocycles. The van der Waals surface area contributed by atoms with Gasteiger partial charge in [0.15, 0.2) is 0 Å². The number of pyridine rings is 1. The van der Waals surface area contributed by atoms with E-state index in [-0.39, 0.29) is 45.8 Å². The topological polar surface area (TPSA) is 104 Å². The molecule has 0 bridgehead atoms. The molecule has 238 valence electrons. The molecule has 14 heteroatoms. The lowest BCUT2D eigenvalue weighted by molar-refractivity contribution is -0.148. The fourth-order valence-corrected chi connectivity index (χ4v) is 7.12. The van der Waals surface area contributed by atoms with E-state index in [9.17, 15) is 26.4 Å². The number of anilines is 1. The second-order valence-electron chi connectivity index (χ2n) is 10.7. The van der Waals surface area contributed by atoms with Crippen molar-refractivity contribution in [3.63, 3.8) is 0 Å². The summed E-state index contributed by atoms with van der Waals surface area (Å²) >= 11 is 6.48. The standard InChI is InChI=1S/C32H26ClF3N4O5S/c1-44-21-7-4-19(5-8-21)18-39(31-37-12-3-13-38-31)46(42,43)22-9-10-27-20(14-22)6-11-30(41)40(27)28-17-26(33)24(16-29(28)45-2)23-15-25(23)32(34,35)36/h3-14,16-17,23,25H,15,18H2,1-2H3/t23-,25+/m1/s1. The average Bonchev–Trinajstić information content (AvgIpc) is 3.86. The summed E-state index contributed by atoms with van der Waals surface area (Å²) in [6.07, 6.45) is -1.55. The number of sulfonamides is 1. The van der Waals surface area contributed by atoms with Crippen LogP contribution < -0.4 is 19.3 Å². The van der Waals surface area contributed by atoms with Gasteiger partial charge in [-0.25, -0.2) is 22.7 Å². The minimum absolute atomic E-state index is 0.0359. The van der Waals surface area contributed by atoms with Gasteiger partial charge in [0.2, 0.25) is 5.95 Å². The molecule has 2 heterocycles. The van der Waals surface area contributed by atoms with E-state index in [1.54, 1.807) is 30.3 Å². The van der Waals surface area contributed by atoms with Crippen molar-refractivity contribution in [2.45, 2.75) is 30.0 Å². The highest BCUT2D eigenvalue weighted by Crippen LogP contribution is 2.58. The first-order chi connectivity index (χ1) is 21.9. The van der Waals surface area contributed by atoms with E-state index in [0.29, 0.717) is 22.2 Å². The molecule has 0 radical (unpaired) electrons. The Hall–Kier alpha value is -4.62. The number of alkyl halides is 3. The number of nitrogens with zero attached hydrogens (tertiary/aromatic N) is 4. The molecule has 5 aromatic rings. The van der Waals surface area contributed by atoms with E-state index in [1.807, 2.05) is 0 Å². The minimum Gasteiger partial charge on any atom is -0.497 e. The monoisotopic (exact) mass is 670 g/mol. The van der Waals surface area contributed by atoms with Crippen LogP contribution in [0.2, 0.25) is 5.02 Å². The molecule has 2 atom stereocenters. The number of rotatable bonds is 9. The molecule has 1 aliphatic carbocycles. The van der Waals surface area contributed by atoms with Crippen molar-refractivity contribution in [1.29, 1.82) is 0 Å². The third-order valence-electron chi connectivity index (χ3n) is 7.86. The van der Waals surface area contributed by atoms with Gasteiger partial charge in [0, 0.05) is 28.9 Å². The SMILES string of the molecule is COc1ccc(CN(c2ncccn2)S(=O)(=O)c2ccc3c(ccc(=O)n3-c3cc(Cl)c([C@H]4C[C@@H]4C(F)(F)F)cc3OC)c2)cc1. The molecule has 1 fully saturated rings. The molecule has 0 aliphatic heterocycles. The quantitative estimate of drug-likeness (QED) is 0.176. The Morgan fingerprint density at radius 1 is 0.978 bits per heavy atom. The number of hydrogen-bond acceptors (Lipinski definition) is 7. The van der Waals surface area contributed by atoms with Crippen molar-refractivity contribution in [3.8, 4) is 17.2 Å². The van der Waals surface area contributed by atoms with Gasteiger partial charge in [0.1, 0.15) is 11.5 Å². The Bertz CT molecular complexity index is 2090. The van der Waals surface area contributed by atoms with Crippen LogP contribution in [0.4, 0.5) is 19.1 Å². The van der Waals surface area contributed by atoms with Crippen LogP contribution >= 0.6 is 11.6 Å². The van der Waals surface area contributed by atoms with E-state index in [0.717, 1.165) is 4.31 Å². The van der Waals surface area contributed by atoms with Crippen molar-refractivity contribution in [1.82, 2.24) is 14.5 Å². The zero-order valence-electron chi connectivity index (χ0n) is 24.4. The highest BCUT2D eigenvalue weighted by molar-refractivity contribution is 7.92. The van der Waals surface area contributed by atoms with Crippen LogP contribution in [0.1, 0.15) is 23.5 Å². The molecule has 46 heavy (non-hydrogen) atoms. The summed E-state index contributed by atoms with van der Waals surface area (Å²) < 4.78 is 81.2. The molecular weight excluding hydrogens is 645 g/mol. The summed E-state index contributed by atoms with van der Waals surface area (Å²) in [5, 5.41) is 0.452. The molecule has 9 nitrogen and oxygen atoms in total. The fourth-order valence-electron chi connectivity index (χ4n) is 5.42. The number of hydrogen-bond donors (Lipinski definition) is 0. The predicted molar refractivity (Wildman–Crippen MR) is 166 cm³/mol. The van der Waals surface area contributed by atoms with E-state index in [4.69, 9.17) is 21.1 Å². The molecule has 6 rings (SSSR count). The summed E-state index contributed by atoms with van der Waals surface area (Å²) in [7, 11) is -1.37. The summed E-state index contributed by atoms with van der Waals surface area (Å²) in [5.41, 5.74) is 0.984. The van der Waals surface area contributed by atoms with Crippen molar-refractivity contribution in [3.05, 3.63) is 112 Å². The van der Waals surface area contributed by atoms with Crippen molar-refractivity contribution in [2.24, 2.45) is 5.92 Å². The first-order valence-corrected chi connectivity index (χ1v) is 15.8. The predicted octanol–water partition coefficient (Wildman–Crippen LogP) is 6.51. The highest BCUT2D eigenvalue weighted by Gasteiger charge is 2.56. The van der Waals surface area contributed by atoms with Gasteiger partial charge in [-0.3, -0.25) is 9.36 Å². The van der Waals surface area contributed by atoms with Gasteiger partial charge < -0.3 is 9.47 Å². The number of aromatic nitrogens is 3. The van der Waals surface area contributed by atoms with E-state index < -0.39 is 33.6 Å². The van der Waals surface area contributed by atoms with Gasteiger partial charge in [-0.2, -0.15) is 13.2 Å². The van der Waals surface area contributed by atoms with Crippen molar-refractivity contribution >= 4 is 38.5 Å². The average molecular weight is 671 g/mol. The Balaban J connectivity index is 1.42. The molecule has 0 unspecified atom stereocenters. The Morgan fingerprint density at radius 3 is 2.33 bits per heavy atom. The van der Waals surface area contributed by atoms with Crippen LogP contribution in [-0.4, -0.2) is 43.3 Å². The second-order valence-corrected chi connectivity index (χ2v) is 12.9. The molecule has 0 saturated heterocycles. The maximum Gasteiger partial charge on any atom is 0.392 e. The lowest BCUT2D eigenvalue weighted by atomic mass is 10.1. The summed E-state index contributed by atoms with van der Waals surface area (Å²) in [4.78, 5) is 21.5. The first-order valence-electron chi connectivity index (χ1n) is 14.0. The number of halogens is 4. The molecular formula is C32H26ClF3N4O5S. The normalized spacial score (nSPS) is 16.3. The van der Waals surface area contributed by atoms with Crippen molar-refractivity contribution in [2.75, 3.05) is 18.5 Å². The van der Waals surface area contributed by atoms with Crippen LogP contribution in [0.3, 0.4) is 0 Å². The van der Waals surface area contributed by atoms with Gasteiger partial charge in [0.25, 0.3) is 15.6 Å². The largest absolute Gasteiger partial charge is 0.497 e.